The average molecular weight is 226 g/mol. The zero-order valence-corrected chi connectivity index (χ0v) is 10.7. The van der Waals surface area contributed by atoms with Gasteiger partial charge in [-0.1, -0.05) is 6.92 Å². The maximum atomic E-state index is 5.18. The molecule has 0 aromatic carbocycles. The van der Waals surface area contributed by atoms with E-state index in [1.807, 2.05) is 0 Å². The van der Waals surface area contributed by atoms with E-state index in [-0.39, 0.29) is 0 Å². The van der Waals surface area contributed by atoms with E-state index in [4.69, 9.17) is 4.74 Å². The van der Waals surface area contributed by atoms with Crippen molar-refractivity contribution in [3.8, 4) is 0 Å². The van der Waals surface area contributed by atoms with Crippen LogP contribution in [0.2, 0.25) is 0 Å². The molecule has 0 bridgehead atoms. The normalized spacial score (nSPS) is 31.9. The summed E-state index contributed by atoms with van der Waals surface area (Å²) in [6, 6.07) is 0. The number of methoxy groups -OCH3 is 1. The van der Waals surface area contributed by atoms with Crippen molar-refractivity contribution in [2.75, 3.05) is 39.9 Å². The molecular formula is C13H26N2O. The molecular weight excluding hydrogens is 200 g/mol. The van der Waals surface area contributed by atoms with Crippen molar-refractivity contribution >= 4 is 0 Å². The van der Waals surface area contributed by atoms with Gasteiger partial charge in [0.1, 0.15) is 0 Å². The van der Waals surface area contributed by atoms with Crippen molar-refractivity contribution < 1.29 is 4.74 Å². The largest absolute Gasteiger partial charge is 0.385 e. The van der Waals surface area contributed by atoms with Gasteiger partial charge in [0.05, 0.1) is 0 Å². The second kappa shape index (κ2) is 5.48. The number of hydrogen-bond acceptors (Lipinski definition) is 3. The Morgan fingerprint density at radius 1 is 1.38 bits per heavy atom. The Labute approximate surface area is 99.3 Å². The number of ether oxygens (including phenoxy) is 1. The van der Waals surface area contributed by atoms with Crippen LogP contribution in [0.5, 0.6) is 0 Å². The first-order valence-corrected chi connectivity index (χ1v) is 6.66. The van der Waals surface area contributed by atoms with Crippen molar-refractivity contribution in [3.05, 3.63) is 0 Å². The van der Waals surface area contributed by atoms with Gasteiger partial charge in [0, 0.05) is 20.3 Å². The fourth-order valence-corrected chi connectivity index (χ4v) is 2.67. The Morgan fingerprint density at radius 2 is 2.19 bits per heavy atom. The molecule has 16 heavy (non-hydrogen) atoms. The van der Waals surface area contributed by atoms with E-state index >= 15 is 0 Å². The molecule has 2 fully saturated rings. The lowest BCUT2D eigenvalue weighted by Crippen LogP contribution is -2.32. The first-order chi connectivity index (χ1) is 7.76. The average Bonchev–Trinajstić information content (AvgIpc) is 2.94. The summed E-state index contributed by atoms with van der Waals surface area (Å²) in [5.74, 6) is 1.67. The van der Waals surface area contributed by atoms with Gasteiger partial charge in [-0.2, -0.15) is 0 Å². The van der Waals surface area contributed by atoms with E-state index in [0.717, 1.165) is 18.4 Å². The highest BCUT2D eigenvalue weighted by Gasteiger charge is 2.41. The lowest BCUT2D eigenvalue weighted by Gasteiger charge is -2.19. The summed E-state index contributed by atoms with van der Waals surface area (Å²) in [5, 5.41) is 7.13. The van der Waals surface area contributed by atoms with Crippen molar-refractivity contribution in [2.45, 2.75) is 26.2 Å². The molecule has 0 aromatic rings. The third-order valence-corrected chi connectivity index (χ3v) is 4.38. The Hall–Kier alpha value is -0.120. The predicted molar refractivity (Wildman–Crippen MR) is 66.6 cm³/mol. The van der Waals surface area contributed by atoms with Gasteiger partial charge in [-0.05, 0) is 56.1 Å². The highest BCUT2D eigenvalue weighted by Crippen LogP contribution is 2.48. The molecule has 0 amide bonds. The molecule has 1 heterocycles. The molecule has 1 saturated carbocycles. The van der Waals surface area contributed by atoms with Crippen LogP contribution in [0, 0.1) is 17.3 Å². The molecule has 0 radical (unpaired) electrons. The molecule has 3 heteroatoms. The quantitative estimate of drug-likeness (QED) is 0.685. The Morgan fingerprint density at radius 3 is 2.75 bits per heavy atom. The second-order valence-electron chi connectivity index (χ2n) is 5.77. The van der Waals surface area contributed by atoms with Gasteiger partial charge < -0.3 is 15.4 Å². The molecule has 2 N–H and O–H groups in total. The van der Waals surface area contributed by atoms with Gasteiger partial charge in [0.15, 0.2) is 0 Å². The maximum Gasteiger partial charge on any atom is 0.0468 e. The van der Waals surface area contributed by atoms with Crippen LogP contribution in [0.4, 0.5) is 0 Å². The van der Waals surface area contributed by atoms with Crippen LogP contribution in [-0.4, -0.2) is 39.9 Å². The molecule has 3 nitrogen and oxygen atoms in total. The standard InChI is InChI=1S/C13H26N2O/c1-11-7-14-8-12(11)9-15-10-13(3-4-13)5-6-16-2/h11-12,14-15H,3-10H2,1-2H3/t11-,12+/m1/s1. The number of rotatable bonds is 7. The summed E-state index contributed by atoms with van der Waals surface area (Å²) in [4.78, 5) is 0. The Balaban J connectivity index is 1.60. The molecule has 2 aliphatic rings. The zero-order chi connectivity index (χ0) is 11.4. The smallest absolute Gasteiger partial charge is 0.0468 e. The van der Waals surface area contributed by atoms with Crippen molar-refractivity contribution in [1.82, 2.24) is 10.6 Å². The van der Waals surface area contributed by atoms with E-state index in [9.17, 15) is 0 Å². The molecule has 0 unspecified atom stereocenters. The topological polar surface area (TPSA) is 33.3 Å². The highest BCUT2D eigenvalue weighted by atomic mass is 16.5. The van der Waals surface area contributed by atoms with Gasteiger partial charge in [0.2, 0.25) is 0 Å². The number of hydrogen-bond donors (Lipinski definition) is 2. The first kappa shape index (κ1) is 12.3. The van der Waals surface area contributed by atoms with Crippen LogP contribution in [0.25, 0.3) is 0 Å². The van der Waals surface area contributed by atoms with Crippen molar-refractivity contribution in [3.63, 3.8) is 0 Å². The molecule has 1 aliphatic carbocycles. The monoisotopic (exact) mass is 226 g/mol. The van der Waals surface area contributed by atoms with Crippen molar-refractivity contribution in [2.24, 2.45) is 17.3 Å². The van der Waals surface area contributed by atoms with Crippen LogP contribution < -0.4 is 10.6 Å². The lowest BCUT2D eigenvalue weighted by molar-refractivity contribution is 0.170. The van der Waals surface area contributed by atoms with E-state index in [0.29, 0.717) is 5.41 Å². The van der Waals surface area contributed by atoms with Crippen LogP contribution in [0.1, 0.15) is 26.2 Å². The fraction of sp³-hybridized carbons (Fsp3) is 1.00. The maximum absolute atomic E-state index is 5.18. The summed E-state index contributed by atoms with van der Waals surface area (Å²) in [6.45, 7) is 8.04. The summed E-state index contributed by atoms with van der Waals surface area (Å²) < 4.78 is 5.18. The summed E-state index contributed by atoms with van der Waals surface area (Å²) in [5.41, 5.74) is 0.589. The SMILES string of the molecule is COCCC1(CNC[C@@H]2CNC[C@H]2C)CC1. The predicted octanol–water partition coefficient (Wildman–Crippen LogP) is 1.25. The minimum Gasteiger partial charge on any atom is -0.385 e. The van der Waals surface area contributed by atoms with Crippen LogP contribution in [0.3, 0.4) is 0 Å². The second-order valence-corrected chi connectivity index (χ2v) is 5.77. The van der Waals surface area contributed by atoms with Crippen LogP contribution in [-0.2, 0) is 4.74 Å². The minimum absolute atomic E-state index is 0.589. The Bertz CT molecular complexity index is 216. The van der Waals surface area contributed by atoms with Crippen LogP contribution in [0.15, 0.2) is 0 Å². The van der Waals surface area contributed by atoms with E-state index in [1.165, 1.54) is 45.4 Å². The highest BCUT2D eigenvalue weighted by molar-refractivity contribution is 4.95. The number of nitrogens with one attached hydrogen (secondary N) is 2. The van der Waals surface area contributed by atoms with Gasteiger partial charge in [-0.15, -0.1) is 0 Å². The van der Waals surface area contributed by atoms with Crippen LogP contribution >= 0.6 is 0 Å². The summed E-state index contributed by atoms with van der Waals surface area (Å²) >= 11 is 0. The van der Waals surface area contributed by atoms with Gasteiger partial charge in [0.25, 0.3) is 0 Å². The molecule has 1 aliphatic heterocycles. The van der Waals surface area contributed by atoms with E-state index in [2.05, 4.69) is 17.6 Å². The van der Waals surface area contributed by atoms with Gasteiger partial charge in [-0.3, -0.25) is 0 Å². The summed E-state index contributed by atoms with van der Waals surface area (Å²) in [6.07, 6.45) is 4.01. The fourth-order valence-electron chi connectivity index (χ4n) is 2.67. The first-order valence-electron chi connectivity index (χ1n) is 6.66. The zero-order valence-electron chi connectivity index (χ0n) is 10.7. The molecule has 2 atom stereocenters. The third kappa shape index (κ3) is 3.19. The molecule has 2 rings (SSSR count). The third-order valence-electron chi connectivity index (χ3n) is 4.38. The minimum atomic E-state index is 0.589. The van der Waals surface area contributed by atoms with Gasteiger partial charge in [-0.25, -0.2) is 0 Å². The summed E-state index contributed by atoms with van der Waals surface area (Å²) in [7, 11) is 1.80. The van der Waals surface area contributed by atoms with E-state index in [1.54, 1.807) is 7.11 Å². The molecule has 1 saturated heterocycles. The van der Waals surface area contributed by atoms with Crippen molar-refractivity contribution in [1.29, 1.82) is 0 Å². The lowest BCUT2D eigenvalue weighted by atomic mass is 9.97. The molecule has 0 spiro atoms. The van der Waals surface area contributed by atoms with Gasteiger partial charge >= 0.3 is 0 Å². The molecule has 94 valence electrons. The Kier molecular flexibility index (Phi) is 4.22. The van der Waals surface area contributed by atoms with E-state index < -0.39 is 0 Å². The molecule has 0 aromatic heterocycles.